The molecule has 4 nitrogen and oxygen atoms in total. The van der Waals surface area contributed by atoms with Crippen molar-refractivity contribution < 1.29 is 14.3 Å². The Labute approximate surface area is 147 Å². The maximum absolute atomic E-state index is 13.2. The fourth-order valence-electron chi connectivity index (χ4n) is 2.46. The highest BCUT2D eigenvalue weighted by molar-refractivity contribution is 6.36. The van der Waals surface area contributed by atoms with Gasteiger partial charge in [-0.1, -0.05) is 23.2 Å². The molecule has 0 bridgehead atoms. The molecule has 0 fully saturated rings. The molecule has 0 aliphatic rings. The van der Waals surface area contributed by atoms with Gasteiger partial charge in [-0.25, -0.2) is 14.2 Å². The van der Waals surface area contributed by atoms with Crippen molar-refractivity contribution >= 4 is 29.2 Å². The molecule has 1 heterocycles. The minimum Gasteiger partial charge on any atom is -0.476 e. The van der Waals surface area contributed by atoms with Crippen LogP contribution in [0.4, 0.5) is 4.39 Å². The molecule has 0 radical (unpaired) electrons. The van der Waals surface area contributed by atoms with E-state index < -0.39 is 5.97 Å². The van der Waals surface area contributed by atoms with Gasteiger partial charge in [0.1, 0.15) is 11.6 Å². The Bertz CT molecular complexity index is 937. The predicted molar refractivity (Wildman–Crippen MR) is 90.7 cm³/mol. The van der Waals surface area contributed by atoms with Crippen LogP contribution in [-0.2, 0) is 0 Å². The third-order valence-corrected chi connectivity index (χ3v) is 4.11. The van der Waals surface area contributed by atoms with Crippen LogP contribution in [0, 0.1) is 12.7 Å². The van der Waals surface area contributed by atoms with E-state index in [0.29, 0.717) is 32.8 Å². The number of carboxylic acid groups (broad SMARTS) is 1. The number of aromatic nitrogens is 2. The van der Waals surface area contributed by atoms with Crippen molar-refractivity contribution in [1.82, 2.24) is 9.55 Å². The van der Waals surface area contributed by atoms with Crippen molar-refractivity contribution in [2.24, 2.45) is 0 Å². The van der Waals surface area contributed by atoms with E-state index in [9.17, 15) is 14.3 Å². The SMILES string of the molecule is Cc1c(C(=O)O)nc(-c2ccc(Cl)cc2Cl)n1-c1ccc(F)cc1. The lowest BCUT2D eigenvalue weighted by Gasteiger charge is -2.11. The Morgan fingerprint density at radius 3 is 2.42 bits per heavy atom. The van der Waals surface area contributed by atoms with Crippen LogP contribution in [0.1, 0.15) is 16.2 Å². The quantitative estimate of drug-likeness (QED) is 0.711. The fourth-order valence-corrected chi connectivity index (χ4v) is 2.95. The average molecular weight is 365 g/mol. The normalized spacial score (nSPS) is 10.8. The second-order valence-electron chi connectivity index (χ2n) is 5.11. The molecule has 0 aliphatic carbocycles. The number of halogens is 3. The third-order valence-electron chi connectivity index (χ3n) is 3.57. The average Bonchev–Trinajstić information content (AvgIpc) is 2.86. The highest BCUT2D eigenvalue weighted by Crippen LogP contribution is 2.33. The summed E-state index contributed by atoms with van der Waals surface area (Å²) in [5, 5.41) is 10.2. The van der Waals surface area contributed by atoms with E-state index in [2.05, 4.69) is 4.98 Å². The lowest BCUT2D eigenvalue weighted by molar-refractivity contribution is 0.0690. The van der Waals surface area contributed by atoms with Crippen molar-refractivity contribution in [2.75, 3.05) is 0 Å². The van der Waals surface area contributed by atoms with E-state index in [1.165, 1.54) is 12.1 Å². The lowest BCUT2D eigenvalue weighted by Crippen LogP contribution is -2.02. The van der Waals surface area contributed by atoms with Gasteiger partial charge in [0.2, 0.25) is 0 Å². The van der Waals surface area contributed by atoms with Gasteiger partial charge in [0.15, 0.2) is 5.69 Å². The summed E-state index contributed by atoms with van der Waals surface area (Å²) in [6.07, 6.45) is 0. The second kappa shape index (κ2) is 6.26. The molecule has 1 aromatic heterocycles. The second-order valence-corrected chi connectivity index (χ2v) is 5.95. The highest BCUT2D eigenvalue weighted by atomic mass is 35.5. The molecule has 0 atom stereocenters. The minimum absolute atomic E-state index is 0.0969. The number of imidazole rings is 1. The van der Waals surface area contributed by atoms with Gasteiger partial charge in [-0.2, -0.15) is 0 Å². The van der Waals surface area contributed by atoms with Crippen molar-refractivity contribution in [2.45, 2.75) is 6.92 Å². The molecular weight excluding hydrogens is 354 g/mol. The lowest BCUT2D eigenvalue weighted by atomic mass is 10.2. The first-order chi connectivity index (χ1) is 11.4. The van der Waals surface area contributed by atoms with Gasteiger partial charge in [-0.3, -0.25) is 4.57 Å². The van der Waals surface area contributed by atoms with E-state index in [-0.39, 0.29) is 11.5 Å². The van der Waals surface area contributed by atoms with Gasteiger partial charge in [0.05, 0.1) is 10.7 Å². The molecule has 0 amide bonds. The van der Waals surface area contributed by atoms with Crippen LogP contribution >= 0.6 is 23.2 Å². The summed E-state index contributed by atoms with van der Waals surface area (Å²) in [6, 6.07) is 10.5. The molecule has 0 saturated heterocycles. The Balaban J connectivity index is 2.30. The first-order valence-electron chi connectivity index (χ1n) is 6.92. The topological polar surface area (TPSA) is 55.1 Å². The number of nitrogens with zero attached hydrogens (tertiary/aromatic N) is 2. The van der Waals surface area contributed by atoms with E-state index in [1.807, 2.05) is 0 Å². The molecular formula is C17H11Cl2FN2O2. The van der Waals surface area contributed by atoms with Gasteiger partial charge in [-0.05, 0) is 49.4 Å². The summed E-state index contributed by atoms with van der Waals surface area (Å²) in [6.45, 7) is 1.63. The molecule has 24 heavy (non-hydrogen) atoms. The zero-order chi connectivity index (χ0) is 17.4. The Kier molecular flexibility index (Phi) is 4.30. The number of rotatable bonds is 3. The fraction of sp³-hybridized carbons (Fsp3) is 0.0588. The highest BCUT2D eigenvalue weighted by Gasteiger charge is 2.22. The summed E-state index contributed by atoms with van der Waals surface area (Å²) in [7, 11) is 0. The van der Waals surface area contributed by atoms with Gasteiger partial charge in [0.25, 0.3) is 0 Å². The summed E-state index contributed by atoms with van der Waals surface area (Å²) in [4.78, 5) is 15.7. The summed E-state index contributed by atoms with van der Waals surface area (Å²) in [5.41, 5.74) is 1.42. The Hall–Kier alpha value is -2.37. The van der Waals surface area contributed by atoms with E-state index in [1.54, 1.807) is 41.8 Å². The summed E-state index contributed by atoms with van der Waals surface area (Å²) < 4.78 is 14.8. The largest absolute Gasteiger partial charge is 0.476 e. The third kappa shape index (κ3) is 2.88. The molecule has 0 unspecified atom stereocenters. The summed E-state index contributed by atoms with van der Waals surface area (Å²) >= 11 is 12.2. The number of hydrogen-bond donors (Lipinski definition) is 1. The van der Waals surface area contributed by atoms with Gasteiger partial charge >= 0.3 is 5.97 Å². The van der Waals surface area contributed by atoms with Crippen LogP contribution in [0.3, 0.4) is 0 Å². The monoisotopic (exact) mass is 364 g/mol. The van der Waals surface area contributed by atoms with Crippen molar-refractivity contribution in [3.05, 3.63) is 69.7 Å². The van der Waals surface area contributed by atoms with Gasteiger partial charge in [0, 0.05) is 16.3 Å². The maximum Gasteiger partial charge on any atom is 0.356 e. The van der Waals surface area contributed by atoms with Crippen molar-refractivity contribution in [1.29, 1.82) is 0 Å². The maximum atomic E-state index is 13.2. The zero-order valence-corrected chi connectivity index (χ0v) is 13.9. The molecule has 0 saturated carbocycles. The molecule has 3 aromatic rings. The first kappa shape index (κ1) is 16.5. The Morgan fingerprint density at radius 2 is 1.83 bits per heavy atom. The van der Waals surface area contributed by atoms with E-state index >= 15 is 0 Å². The molecule has 0 spiro atoms. The molecule has 3 rings (SSSR count). The van der Waals surface area contributed by atoms with E-state index in [0.717, 1.165) is 0 Å². The van der Waals surface area contributed by atoms with Crippen LogP contribution in [0.2, 0.25) is 10.0 Å². The zero-order valence-electron chi connectivity index (χ0n) is 12.4. The van der Waals surface area contributed by atoms with Crippen LogP contribution in [-0.4, -0.2) is 20.6 Å². The number of aromatic carboxylic acids is 1. The van der Waals surface area contributed by atoms with Crippen LogP contribution in [0.5, 0.6) is 0 Å². The molecule has 7 heteroatoms. The summed E-state index contributed by atoms with van der Waals surface area (Å²) in [5.74, 6) is -1.20. The molecule has 2 aromatic carbocycles. The van der Waals surface area contributed by atoms with Crippen LogP contribution in [0.15, 0.2) is 42.5 Å². The number of hydrogen-bond acceptors (Lipinski definition) is 2. The number of benzene rings is 2. The molecule has 122 valence electrons. The standard InChI is InChI=1S/C17H11Cl2FN2O2/c1-9-15(17(23)24)21-16(13-7-2-10(18)8-14(13)19)22(9)12-5-3-11(20)4-6-12/h2-8H,1H3,(H,23,24). The van der Waals surface area contributed by atoms with Crippen molar-refractivity contribution in [3.8, 4) is 17.1 Å². The number of carboxylic acids is 1. The van der Waals surface area contributed by atoms with Crippen molar-refractivity contribution in [3.63, 3.8) is 0 Å². The smallest absolute Gasteiger partial charge is 0.356 e. The van der Waals surface area contributed by atoms with Crippen LogP contribution in [0.25, 0.3) is 17.1 Å². The van der Waals surface area contributed by atoms with Crippen LogP contribution < -0.4 is 0 Å². The van der Waals surface area contributed by atoms with Gasteiger partial charge < -0.3 is 5.11 Å². The Morgan fingerprint density at radius 1 is 1.17 bits per heavy atom. The van der Waals surface area contributed by atoms with E-state index in [4.69, 9.17) is 23.2 Å². The van der Waals surface area contributed by atoms with Gasteiger partial charge in [-0.15, -0.1) is 0 Å². The predicted octanol–water partition coefficient (Wildman–Crippen LogP) is 4.99. The number of carbonyl (C=O) groups is 1. The first-order valence-corrected chi connectivity index (χ1v) is 7.68. The molecule has 1 N–H and O–H groups in total. The minimum atomic E-state index is -1.15. The molecule has 0 aliphatic heterocycles.